The number of rotatable bonds is 0. The minimum Gasteiger partial charge on any atom is -0.457 e. The summed E-state index contributed by atoms with van der Waals surface area (Å²) in [4.78, 5) is 0. The first-order chi connectivity index (χ1) is 3.91. The minimum atomic E-state index is 0. The Kier molecular flexibility index (Phi) is 89900. The summed E-state index contributed by atoms with van der Waals surface area (Å²) in [5, 5.41) is 0. The van der Waals surface area contributed by atoms with Gasteiger partial charge in [0, 0.05) is 16.0 Å². The molecule has 0 radical (unpaired) electrons. The van der Waals surface area contributed by atoms with Crippen molar-refractivity contribution in [1.82, 2.24) is 0 Å². The second kappa shape index (κ2) is 6110. The first-order valence-electron chi connectivity index (χ1n) is 1.07. The van der Waals surface area contributed by atoms with E-state index >= 15 is 0 Å². The Morgan fingerprint density at radius 2 is 0.765 bits per heavy atom. The number of hydrogen-bond acceptors (Lipinski definition) is 0. The van der Waals surface area contributed by atoms with Gasteiger partial charge in [-0.25, -0.2) is 0 Å². The van der Waals surface area contributed by atoms with Gasteiger partial charge >= 0.3 is 48.5 Å². The van der Waals surface area contributed by atoms with E-state index in [2.05, 4.69) is 13.3 Å². The average molecular weight is 280 g/mol. The number of hydrogen-bond donors (Lipinski definition) is 0. The molecule has 0 saturated carbocycles. The van der Waals surface area contributed by atoms with Crippen molar-refractivity contribution in [2.45, 2.75) is 29.7 Å². The monoisotopic (exact) mass is 280 g/mol. The van der Waals surface area contributed by atoms with Crippen LogP contribution in [0.4, 0.5) is 0 Å². The molecule has 0 fully saturated rings. The maximum absolute atomic E-state index is 8.62. The molecule has 17 heavy (non-hydrogen) atoms. The quantitative estimate of drug-likeness (QED) is 0.449. The first kappa shape index (κ1) is 250. The van der Waals surface area contributed by atoms with Gasteiger partial charge in [0.2, 0.25) is 0 Å². The Labute approximate surface area is 118 Å². The van der Waals surface area contributed by atoms with Gasteiger partial charge in [-0.05, 0) is 0 Å². The largest absolute Gasteiger partial charge is 0.457 e. The van der Waals surface area contributed by atoms with Crippen molar-refractivity contribution in [2.24, 2.45) is 0 Å². The maximum Gasteiger partial charge on any atom is -0.457 e. The SMILES string of the molecule is C.C.C.C.O.O.[C-]#[O+].[C-]#[O+].[CH3+].[H+].[H+].[H+].[HH].[HH].[HH].[HH].[HH].[HH].[O+]#CC#[O+].[OH3+].[OH3+]. The molecule has 0 saturated heterocycles. The van der Waals surface area contributed by atoms with Crippen LogP contribution in [0.1, 0.15) is 42.5 Å². The van der Waals surface area contributed by atoms with Crippen molar-refractivity contribution in [3.8, 4) is 12.3 Å². The third-order valence-electron chi connectivity index (χ3n) is 0.0417. The molecule has 0 aliphatic heterocycles. The van der Waals surface area contributed by atoms with Crippen LogP contribution in [0.5, 0.6) is 0 Å². The van der Waals surface area contributed by atoms with Gasteiger partial charge in [0.1, 0.15) is 0 Å². The normalized spacial score (nSPS) is 0.824. The van der Waals surface area contributed by atoms with Gasteiger partial charge in [-0.2, -0.15) is 0 Å². The van der Waals surface area contributed by atoms with Gasteiger partial charge in [-0.15, -0.1) is 0 Å². The molecule has 0 atom stereocenters. The molecule has 0 aliphatic rings. The molecule has 0 heterocycles. The van der Waals surface area contributed by atoms with E-state index in [1.807, 2.05) is 0 Å². The molecule has 0 rings (SSSR count). The van der Waals surface area contributed by atoms with Crippen LogP contribution < -0.4 is 0 Å². The van der Waals surface area contributed by atoms with Crippen molar-refractivity contribution < 1.29 is 53.4 Å². The second-order valence-corrected chi connectivity index (χ2v) is 0.204. The zero-order valence-electron chi connectivity index (χ0n) is 9.79. The third-order valence-corrected chi connectivity index (χ3v) is 0.0417. The summed E-state index contributed by atoms with van der Waals surface area (Å²) >= 11 is 0. The molecule has 120 valence electrons. The van der Waals surface area contributed by atoms with E-state index in [0.29, 0.717) is 0 Å². The molecule has 0 amide bonds. The summed E-state index contributed by atoms with van der Waals surface area (Å²) in [5.41, 5.74) is 0. The van der Waals surface area contributed by atoms with E-state index in [0.717, 1.165) is 12.3 Å². The molecule has 0 unspecified atom stereocenters. The molecule has 10 N–H and O–H groups in total. The maximum atomic E-state index is 8.62. The van der Waals surface area contributed by atoms with E-state index in [1.165, 1.54) is 0 Å². The van der Waals surface area contributed by atoms with E-state index in [-0.39, 0.29) is 71.9 Å². The second-order valence-electron chi connectivity index (χ2n) is 0.204. The van der Waals surface area contributed by atoms with Crippen LogP contribution in [-0.2, 0) is 29.6 Å². The molecule has 8 heteroatoms. The molecule has 0 aromatic heterocycles. The summed E-state index contributed by atoms with van der Waals surface area (Å²) < 4.78 is 32.2. The first-order valence-corrected chi connectivity index (χ1v) is 1.07. The van der Waals surface area contributed by atoms with Crippen LogP contribution in [0.2, 0.25) is 0 Å². The molecular weight excluding hydrogens is 236 g/mol. The molecule has 0 aliphatic carbocycles. The molecule has 0 spiro atoms. The minimum absolute atomic E-state index is 0. The van der Waals surface area contributed by atoms with E-state index in [4.69, 9.17) is 18.6 Å². The fourth-order valence-corrected chi connectivity index (χ4v) is 0. The van der Waals surface area contributed by atoms with Crippen molar-refractivity contribution in [3.63, 3.8) is 0 Å². The summed E-state index contributed by atoms with van der Waals surface area (Å²) in [6, 6.07) is 0. The molecule has 8 nitrogen and oxygen atoms in total. The van der Waals surface area contributed by atoms with Gasteiger partial charge in [0.15, 0.2) is 0 Å². The van der Waals surface area contributed by atoms with Gasteiger partial charge in [-0.3, -0.25) is 0 Å². The third kappa shape index (κ3) is 21600. The van der Waals surface area contributed by atoms with Crippen molar-refractivity contribution in [3.05, 3.63) is 20.7 Å². The summed E-state index contributed by atoms with van der Waals surface area (Å²) in [6.45, 7) is 9.00. The van der Waals surface area contributed by atoms with E-state index in [9.17, 15) is 0 Å². The Balaban J connectivity index is -0.000000000578. The van der Waals surface area contributed by atoms with Crippen LogP contribution in [-0.4, -0.2) is 11.0 Å². The molecule has 0 aromatic carbocycles. The van der Waals surface area contributed by atoms with Crippen LogP contribution in [0.25, 0.3) is 0 Å². The average Bonchev–Trinajstić information content (AvgIpc) is 1.96. The van der Waals surface area contributed by atoms with Crippen LogP contribution in [0, 0.1) is 33.0 Å². The Morgan fingerprint density at radius 1 is 0.706 bits per heavy atom. The van der Waals surface area contributed by atoms with Gasteiger partial charge in [-0.1, -0.05) is 29.7 Å². The predicted octanol–water partition coefficient (Wildman–Crippen LogP) is 1.01. The zero-order chi connectivity index (χ0) is 7.41. The standard InChI is InChI=1S/C2O2.2CO.4CH4.CH3.4H2O.6H2/c3-1-2-4;2*1-2;;;;;;;;;;;;;;;/h;;;4*1H4;1H3;4*1H2;6*1H/q+2;;;;;;;+1;;;;;;;;;;/p+5. The van der Waals surface area contributed by atoms with Crippen molar-refractivity contribution in [2.75, 3.05) is 0 Å². The summed E-state index contributed by atoms with van der Waals surface area (Å²) in [6.07, 6.45) is 1.75. The smallest absolute Gasteiger partial charge is 0.457 e. The van der Waals surface area contributed by atoms with Gasteiger partial charge in [0.05, 0.1) is 0 Å². The van der Waals surface area contributed by atoms with Crippen LogP contribution in [0.3, 0.4) is 0 Å². The van der Waals surface area contributed by atoms with E-state index < -0.39 is 0 Å². The predicted molar refractivity (Wildman–Crippen MR) is 83.3 cm³/mol. The van der Waals surface area contributed by atoms with Crippen LogP contribution in [0.15, 0.2) is 0 Å². The van der Waals surface area contributed by atoms with Crippen molar-refractivity contribution in [1.29, 1.82) is 0 Å². The fraction of sp³-hybridized carbons (Fsp3) is 0.444. The summed E-state index contributed by atoms with van der Waals surface area (Å²) in [7, 11) is 0. The fourth-order valence-electron chi connectivity index (χ4n) is 0. The van der Waals surface area contributed by atoms with Gasteiger partial charge in [0.25, 0.3) is 0 Å². The zero-order valence-corrected chi connectivity index (χ0v) is 6.79. The molecule has 0 aromatic rings. The Hall–Kier alpha value is -1.33. The van der Waals surface area contributed by atoms with Crippen LogP contribution >= 0.6 is 0 Å². The Bertz CT molecular complexity index is 145. The topological polar surface area (TPSA) is 209 Å². The van der Waals surface area contributed by atoms with Crippen molar-refractivity contribution >= 4 is 0 Å². The Morgan fingerprint density at radius 3 is 0.765 bits per heavy atom. The van der Waals surface area contributed by atoms with Gasteiger partial charge < -0.3 is 21.9 Å². The summed E-state index contributed by atoms with van der Waals surface area (Å²) in [5.74, 6) is 0. The molecular formula is C9H44O8+8. The molecule has 0 bridgehead atoms. The van der Waals surface area contributed by atoms with E-state index in [1.54, 1.807) is 0 Å².